The number of aromatic nitrogens is 3. The van der Waals surface area contributed by atoms with E-state index in [0.29, 0.717) is 17.4 Å². The van der Waals surface area contributed by atoms with Crippen LogP contribution >= 0.6 is 0 Å². The molecule has 3 rings (SSSR count). The molecule has 0 aliphatic rings. The first-order valence-corrected chi connectivity index (χ1v) is 9.65. The highest BCUT2D eigenvalue weighted by Crippen LogP contribution is 2.21. The van der Waals surface area contributed by atoms with E-state index in [-0.39, 0.29) is 29.3 Å². The van der Waals surface area contributed by atoms with Crippen LogP contribution in [0.15, 0.2) is 58.1 Å². The number of hydrogen-bond acceptors (Lipinski definition) is 7. The Bertz CT molecular complexity index is 1020. The van der Waals surface area contributed by atoms with Gasteiger partial charge in [-0.25, -0.2) is 8.42 Å². The van der Waals surface area contributed by atoms with Gasteiger partial charge in [0, 0.05) is 25.3 Å². The molecule has 1 amide bonds. The highest BCUT2D eigenvalue weighted by Gasteiger charge is 2.15. The van der Waals surface area contributed by atoms with Gasteiger partial charge in [-0.1, -0.05) is 23.4 Å². The van der Waals surface area contributed by atoms with E-state index in [0.717, 1.165) is 6.26 Å². The molecule has 0 aliphatic carbocycles. The molecule has 9 heteroatoms. The monoisotopic (exact) mass is 372 g/mol. The maximum atomic E-state index is 12.1. The Hall–Kier alpha value is -3.07. The minimum Gasteiger partial charge on any atom is -0.339 e. The normalized spacial score (nSPS) is 11.3. The van der Waals surface area contributed by atoms with Crippen LogP contribution in [0.1, 0.15) is 12.3 Å². The van der Waals surface area contributed by atoms with Gasteiger partial charge in [0.05, 0.1) is 10.6 Å². The van der Waals surface area contributed by atoms with Gasteiger partial charge >= 0.3 is 0 Å². The first-order valence-electron chi connectivity index (χ1n) is 7.76. The highest BCUT2D eigenvalue weighted by molar-refractivity contribution is 7.90. The van der Waals surface area contributed by atoms with Gasteiger partial charge < -0.3 is 9.84 Å². The fourth-order valence-electron chi connectivity index (χ4n) is 2.28. The molecule has 1 aromatic carbocycles. The third kappa shape index (κ3) is 4.31. The highest BCUT2D eigenvalue weighted by atomic mass is 32.2. The summed E-state index contributed by atoms with van der Waals surface area (Å²) in [6, 6.07) is 11.6. The Morgan fingerprint density at radius 1 is 1.15 bits per heavy atom. The second kappa shape index (κ2) is 7.44. The second-order valence-electron chi connectivity index (χ2n) is 5.54. The number of sulfone groups is 1. The predicted octanol–water partition coefficient (Wildman–Crippen LogP) is 2.11. The van der Waals surface area contributed by atoms with Gasteiger partial charge in [-0.3, -0.25) is 9.78 Å². The fourth-order valence-corrected chi connectivity index (χ4v) is 3.13. The van der Waals surface area contributed by atoms with E-state index in [2.05, 4.69) is 20.4 Å². The number of nitrogens with zero attached hydrogens (tertiary/aromatic N) is 3. The van der Waals surface area contributed by atoms with Gasteiger partial charge in [-0.15, -0.1) is 0 Å². The van der Waals surface area contributed by atoms with Crippen molar-refractivity contribution in [1.29, 1.82) is 0 Å². The maximum absolute atomic E-state index is 12.1. The lowest BCUT2D eigenvalue weighted by atomic mass is 10.2. The molecule has 0 spiro atoms. The van der Waals surface area contributed by atoms with Crippen molar-refractivity contribution in [2.75, 3.05) is 11.6 Å². The molecule has 134 valence electrons. The summed E-state index contributed by atoms with van der Waals surface area (Å²) in [5, 5.41) is 6.44. The lowest BCUT2D eigenvalue weighted by Gasteiger charge is -2.09. The molecule has 0 radical (unpaired) electrons. The molecule has 0 bridgehead atoms. The Morgan fingerprint density at radius 3 is 2.65 bits per heavy atom. The van der Waals surface area contributed by atoms with Crippen molar-refractivity contribution >= 4 is 21.4 Å². The zero-order chi connectivity index (χ0) is 18.6. The zero-order valence-electron chi connectivity index (χ0n) is 13.9. The molecule has 8 nitrogen and oxygen atoms in total. The number of pyridine rings is 1. The molecule has 0 unspecified atom stereocenters. The Morgan fingerprint density at radius 2 is 1.92 bits per heavy atom. The molecule has 0 fully saturated rings. The van der Waals surface area contributed by atoms with Crippen molar-refractivity contribution in [3.8, 4) is 11.5 Å². The molecule has 0 aliphatic heterocycles. The summed E-state index contributed by atoms with van der Waals surface area (Å²) in [7, 11) is -3.44. The van der Waals surface area contributed by atoms with Gasteiger partial charge in [0.2, 0.25) is 17.6 Å². The van der Waals surface area contributed by atoms with E-state index >= 15 is 0 Å². The van der Waals surface area contributed by atoms with Gasteiger partial charge in [0.1, 0.15) is 5.69 Å². The zero-order valence-corrected chi connectivity index (χ0v) is 14.7. The molecule has 26 heavy (non-hydrogen) atoms. The average Bonchev–Trinajstić information content (AvgIpc) is 3.09. The van der Waals surface area contributed by atoms with Crippen molar-refractivity contribution < 1.29 is 17.7 Å². The second-order valence-corrected chi connectivity index (χ2v) is 7.53. The summed E-state index contributed by atoms with van der Waals surface area (Å²) in [5.41, 5.74) is 0.828. The summed E-state index contributed by atoms with van der Waals surface area (Å²) in [6.45, 7) is 0. The number of nitrogens with one attached hydrogen (secondary N) is 1. The van der Waals surface area contributed by atoms with Gasteiger partial charge in [-0.2, -0.15) is 4.98 Å². The van der Waals surface area contributed by atoms with Crippen LogP contribution in [-0.4, -0.2) is 35.7 Å². The molecule has 0 saturated carbocycles. The summed E-state index contributed by atoms with van der Waals surface area (Å²) in [4.78, 5) is 20.5. The van der Waals surface area contributed by atoms with Crippen LogP contribution in [-0.2, 0) is 21.1 Å². The third-order valence-electron chi connectivity index (χ3n) is 3.49. The van der Waals surface area contributed by atoms with E-state index in [9.17, 15) is 13.2 Å². The number of hydrogen-bond donors (Lipinski definition) is 1. The minimum atomic E-state index is -3.44. The van der Waals surface area contributed by atoms with E-state index in [1.807, 2.05) is 6.07 Å². The summed E-state index contributed by atoms with van der Waals surface area (Å²) >= 11 is 0. The summed E-state index contributed by atoms with van der Waals surface area (Å²) in [5.74, 6) is 0.305. The fraction of sp³-hybridized carbons (Fsp3) is 0.176. The largest absolute Gasteiger partial charge is 0.339 e. The summed E-state index contributed by atoms with van der Waals surface area (Å²) < 4.78 is 28.6. The molecule has 2 heterocycles. The number of carbonyl (C=O) groups is 1. The van der Waals surface area contributed by atoms with Crippen LogP contribution in [0, 0.1) is 0 Å². The maximum Gasteiger partial charge on any atom is 0.227 e. The van der Waals surface area contributed by atoms with Crippen LogP contribution in [0.4, 0.5) is 5.69 Å². The Balaban J connectivity index is 1.63. The van der Waals surface area contributed by atoms with Crippen molar-refractivity contribution in [3.05, 3.63) is 54.6 Å². The topological polar surface area (TPSA) is 115 Å². The van der Waals surface area contributed by atoms with Gasteiger partial charge in [0.25, 0.3) is 0 Å². The van der Waals surface area contributed by atoms with Crippen molar-refractivity contribution in [2.45, 2.75) is 17.7 Å². The van der Waals surface area contributed by atoms with E-state index in [1.165, 1.54) is 6.07 Å². The van der Waals surface area contributed by atoms with Crippen LogP contribution < -0.4 is 5.32 Å². The molecule has 1 N–H and O–H groups in total. The van der Waals surface area contributed by atoms with E-state index < -0.39 is 9.84 Å². The van der Waals surface area contributed by atoms with Gasteiger partial charge in [-0.05, 0) is 24.3 Å². The third-order valence-corrected chi connectivity index (χ3v) is 4.64. The minimum absolute atomic E-state index is 0.0714. The van der Waals surface area contributed by atoms with E-state index in [4.69, 9.17) is 4.52 Å². The summed E-state index contributed by atoms with van der Waals surface area (Å²) in [6.07, 6.45) is 3.02. The van der Waals surface area contributed by atoms with Crippen molar-refractivity contribution in [1.82, 2.24) is 15.1 Å². The smallest absolute Gasteiger partial charge is 0.227 e. The molecule has 0 atom stereocenters. The molecular weight excluding hydrogens is 356 g/mol. The first-order chi connectivity index (χ1) is 12.4. The SMILES string of the molecule is CS(=O)(=O)c1ccccc1NC(=O)CCc1nc(-c2ccccn2)no1. The first kappa shape index (κ1) is 17.7. The molecular formula is C17H16N4O4S. The van der Waals surface area contributed by atoms with Crippen LogP contribution in [0.2, 0.25) is 0 Å². The van der Waals surface area contributed by atoms with Crippen molar-refractivity contribution in [2.24, 2.45) is 0 Å². The van der Waals surface area contributed by atoms with E-state index in [1.54, 1.807) is 36.5 Å². The predicted molar refractivity (Wildman–Crippen MR) is 94.0 cm³/mol. The lowest BCUT2D eigenvalue weighted by Crippen LogP contribution is -2.15. The van der Waals surface area contributed by atoms with Crippen LogP contribution in [0.5, 0.6) is 0 Å². The average molecular weight is 372 g/mol. The number of anilines is 1. The molecule has 0 saturated heterocycles. The number of aryl methyl sites for hydroxylation is 1. The van der Waals surface area contributed by atoms with Crippen LogP contribution in [0.3, 0.4) is 0 Å². The van der Waals surface area contributed by atoms with Crippen molar-refractivity contribution in [3.63, 3.8) is 0 Å². The quantitative estimate of drug-likeness (QED) is 0.704. The van der Waals surface area contributed by atoms with Crippen LogP contribution in [0.25, 0.3) is 11.5 Å². The number of rotatable bonds is 6. The Kier molecular flexibility index (Phi) is 5.08. The Labute approximate surface area is 150 Å². The molecule has 2 aromatic heterocycles. The number of carbonyl (C=O) groups excluding carboxylic acids is 1. The molecule has 3 aromatic rings. The number of amides is 1. The number of para-hydroxylation sites is 1. The lowest BCUT2D eigenvalue weighted by molar-refractivity contribution is -0.116. The van der Waals surface area contributed by atoms with Gasteiger partial charge in [0.15, 0.2) is 9.84 Å². The standard InChI is InChI=1S/C17H16N4O4S/c1-26(23,24)14-8-3-2-6-12(14)19-15(22)9-10-16-20-17(21-25-16)13-7-4-5-11-18-13/h2-8,11H,9-10H2,1H3,(H,19,22). The number of benzene rings is 1.